The number of hydrogen-bond donors (Lipinski definition) is 2. The summed E-state index contributed by atoms with van der Waals surface area (Å²) in [5, 5.41) is 6.85. The average Bonchev–Trinajstić information content (AvgIpc) is 2.74. The maximum Gasteiger partial charge on any atom is 0.120 e. The molecule has 3 heteroatoms. The fourth-order valence-electron chi connectivity index (χ4n) is 1.77. The van der Waals surface area contributed by atoms with E-state index in [1.54, 1.807) is 6.26 Å². The van der Waals surface area contributed by atoms with E-state index in [9.17, 15) is 0 Å². The molecule has 1 aromatic rings. The van der Waals surface area contributed by atoms with Crippen molar-refractivity contribution in [2.45, 2.75) is 25.4 Å². The van der Waals surface area contributed by atoms with Gasteiger partial charge in [-0.3, -0.25) is 0 Å². The van der Waals surface area contributed by atoms with Crippen LogP contribution in [-0.4, -0.2) is 19.1 Å². The lowest BCUT2D eigenvalue weighted by Crippen LogP contribution is -2.32. The Kier molecular flexibility index (Phi) is 2.66. The summed E-state index contributed by atoms with van der Waals surface area (Å²) in [7, 11) is 0. The molecule has 0 radical (unpaired) electrons. The summed E-state index contributed by atoms with van der Waals surface area (Å²) >= 11 is 0. The lowest BCUT2D eigenvalue weighted by molar-refractivity contribution is 0.397. The van der Waals surface area contributed by atoms with Crippen molar-refractivity contribution in [1.82, 2.24) is 10.6 Å². The van der Waals surface area contributed by atoms with E-state index in [0.29, 0.717) is 12.1 Å². The van der Waals surface area contributed by atoms with Crippen LogP contribution in [0.25, 0.3) is 0 Å². The molecule has 0 spiro atoms. The van der Waals surface area contributed by atoms with Crippen LogP contribution in [0.1, 0.15) is 25.1 Å². The predicted octanol–water partition coefficient (Wildman–Crippen LogP) is 1.29. The Morgan fingerprint density at radius 1 is 1.69 bits per heavy atom. The van der Waals surface area contributed by atoms with Crippen molar-refractivity contribution in [2.24, 2.45) is 0 Å². The highest BCUT2D eigenvalue weighted by Gasteiger charge is 2.17. The molecule has 1 unspecified atom stereocenters. The molecule has 2 rings (SSSR count). The number of furan rings is 1. The Labute approximate surface area is 78.5 Å². The fourth-order valence-corrected chi connectivity index (χ4v) is 1.77. The zero-order valence-corrected chi connectivity index (χ0v) is 7.92. The molecule has 1 saturated heterocycles. The van der Waals surface area contributed by atoms with Crippen molar-refractivity contribution in [1.29, 1.82) is 0 Å². The van der Waals surface area contributed by atoms with E-state index < -0.39 is 0 Å². The first-order valence-electron chi connectivity index (χ1n) is 4.86. The van der Waals surface area contributed by atoms with E-state index in [-0.39, 0.29) is 0 Å². The van der Waals surface area contributed by atoms with Crippen LogP contribution in [0.15, 0.2) is 22.8 Å². The molecule has 0 bridgehead atoms. The lowest BCUT2D eigenvalue weighted by atomic mass is 10.2. The van der Waals surface area contributed by atoms with Gasteiger partial charge in [-0.15, -0.1) is 0 Å². The minimum atomic E-state index is 0.319. The van der Waals surface area contributed by atoms with Gasteiger partial charge in [0.05, 0.1) is 12.3 Å². The Hall–Kier alpha value is -0.800. The van der Waals surface area contributed by atoms with Gasteiger partial charge in [0.25, 0.3) is 0 Å². The SMILES string of the molecule is CC(N[C@H]1CCNC1)c1ccco1. The second-order valence-electron chi connectivity index (χ2n) is 3.59. The third-order valence-electron chi connectivity index (χ3n) is 2.52. The predicted molar refractivity (Wildman–Crippen MR) is 51.5 cm³/mol. The molecule has 1 fully saturated rings. The first-order chi connectivity index (χ1) is 6.36. The highest BCUT2D eigenvalue weighted by atomic mass is 16.3. The first kappa shape index (κ1) is 8.78. The van der Waals surface area contributed by atoms with Gasteiger partial charge in [-0.25, -0.2) is 0 Å². The monoisotopic (exact) mass is 180 g/mol. The van der Waals surface area contributed by atoms with Gasteiger partial charge in [-0.1, -0.05) is 0 Å². The van der Waals surface area contributed by atoms with Gasteiger partial charge in [0.2, 0.25) is 0 Å². The van der Waals surface area contributed by atoms with Crippen LogP contribution in [0.5, 0.6) is 0 Å². The maximum atomic E-state index is 5.32. The van der Waals surface area contributed by atoms with Crippen molar-refractivity contribution in [3.63, 3.8) is 0 Å². The highest BCUT2D eigenvalue weighted by Crippen LogP contribution is 2.14. The largest absolute Gasteiger partial charge is 0.468 e. The maximum absolute atomic E-state index is 5.32. The van der Waals surface area contributed by atoms with E-state index in [2.05, 4.69) is 17.6 Å². The second-order valence-corrected chi connectivity index (χ2v) is 3.59. The van der Waals surface area contributed by atoms with Gasteiger partial charge in [-0.05, 0) is 32.0 Å². The molecule has 1 aliphatic rings. The van der Waals surface area contributed by atoms with Crippen molar-refractivity contribution in [3.05, 3.63) is 24.2 Å². The van der Waals surface area contributed by atoms with Crippen molar-refractivity contribution < 1.29 is 4.42 Å². The quantitative estimate of drug-likeness (QED) is 0.736. The van der Waals surface area contributed by atoms with Crippen molar-refractivity contribution in [3.8, 4) is 0 Å². The Bertz CT molecular complexity index is 239. The molecule has 0 aromatic carbocycles. The van der Waals surface area contributed by atoms with Crippen LogP contribution >= 0.6 is 0 Å². The van der Waals surface area contributed by atoms with Crippen molar-refractivity contribution >= 4 is 0 Å². The van der Waals surface area contributed by atoms with Crippen LogP contribution in [0.3, 0.4) is 0 Å². The van der Waals surface area contributed by atoms with Crippen LogP contribution in [-0.2, 0) is 0 Å². The summed E-state index contributed by atoms with van der Waals surface area (Å²) in [5.74, 6) is 1.02. The number of hydrogen-bond acceptors (Lipinski definition) is 3. The standard InChI is InChI=1S/C10H16N2O/c1-8(10-3-2-6-13-10)12-9-4-5-11-7-9/h2-3,6,8-9,11-12H,4-5,7H2,1H3/t8?,9-/m0/s1. The van der Waals surface area contributed by atoms with Crippen LogP contribution in [0, 0.1) is 0 Å². The van der Waals surface area contributed by atoms with Crippen LogP contribution in [0.2, 0.25) is 0 Å². The van der Waals surface area contributed by atoms with Crippen molar-refractivity contribution in [2.75, 3.05) is 13.1 Å². The van der Waals surface area contributed by atoms with E-state index >= 15 is 0 Å². The molecule has 0 amide bonds. The molecule has 2 heterocycles. The molecule has 0 aliphatic carbocycles. The smallest absolute Gasteiger partial charge is 0.120 e. The third-order valence-corrected chi connectivity index (χ3v) is 2.52. The summed E-state index contributed by atoms with van der Waals surface area (Å²) in [6.45, 7) is 4.34. The molecular weight excluding hydrogens is 164 g/mol. The zero-order valence-electron chi connectivity index (χ0n) is 7.92. The normalized spacial score (nSPS) is 24.8. The second kappa shape index (κ2) is 3.94. The van der Waals surface area contributed by atoms with E-state index in [1.807, 2.05) is 12.1 Å². The molecule has 72 valence electrons. The summed E-state index contributed by atoms with van der Waals surface area (Å²) in [4.78, 5) is 0. The molecule has 1 aromatic heterocycles. The molecule has 2 N–H and O–H groups in total. The highest BCUT2D eigenvalue weighted by molar-refractivity contribution is 5.03. The van der Waals surface area contributed by atoms with Gasteiger partial charge in [0.15, 0.2) is 0 Å². The van der Waals surface area contributed by atoms with E-state index in [0.717, 1.165) is 18.8 Å². The minimum Gasteiger partial charge on any atom is -0.468 e. The minimum absolute atomic E-state index is 0.319. The van der Waals surface area contributed by atoms with E-state index in [4.69, 9.17) is 4.42 Å². The third kappa shape index (κ3) is 2.11. The van der Waals surface area contributed by atoms with Crippen LogP contribution in [0.4, 0.5) is 0 Å². The van der Waals surface area contributed by atoms with E-state index in [1.165, 1.54) is 6.42 Å². The Morgan fingerprint density at radius 2 is 2.62 bits per heavy atom. The average molecular weight is 180 g/mol. The zero-order chi connectivity index (χ0) is 9.10. The van der Waals surface area contributed by atoms with Crippen LogP contribution < -0.4 is 10.6 Å². The van der Waals surface area contributed by atoms with Gasteiger partial charge in [0, 0.05) is 12.6 Å². The molecule has 2 atom stereocenters. The van der Waals surface area contributed by atoms with Gasteiger partial charge < -0.3 is 15.1 Å². The fraction of sp³-hybridized carbons (Fsp3) is 0.600. The summed E-state index contributed by atoms with van der Waals surface area (Å²) in [6.07, 6.45) is 2.94. The first-order valence-corrected chi connectivity index (χ1v) is 4.86. The summed E-state index contributed by atoms with van der Waals surface area (Å²) < 4.78 is 5.32. The van der Waals surface area contributed by atoms with Gasteiger partial charge in [-0.2, -0.15) is 0 Å². The molecule has 13 heavy (non-hydrogen) atoms. The molecule has 3 nitrogen and oxygen atoms in total. The molecule has 0 saturated carbocycles. The topological polar surface area (TPSA) is 37.2 Å². The van der Waals surface area contributed by atoms with Gasteiger partial charge in [0.1, 0.15) is 5.76 Å². The summed E-state index contributed by atoms with van der Waals surface area (Å²) in [6, 6.07) is 4.86. The lowest BCUT2D eigenvalue weighted by Gasteiger charge is -2.16. The molecule has 1 aliphatic heterocycles. The summed E-state index contributed by atoms with van der Waals surface area (Å²) in [5.41, 5.74) is 0. The number of rotatable bonds is 3. The Morgan fingerprint density at radius 3 is 3.23 bits per heavy atom. The van der Waals surface area contributed by atoms with Gasteiger partial charge >= 0.3 is 0 Å². The Balaban J connectivity index is 1.87. The number of nitrogens with one attached hydrogen (secondary N) is 2. The molecular formula is C10H16N2O.